The molecule has 0 spiro atoms. The van der Waals surface area contributed by atoms with Gasteiger partial charge in [0.05, 0.1) is 46.6 Å². The number of amidine groups is 3. The van der Waals surface area contributed by atoms with E-state index < -0.39 is 198 Å². The predicted octanol–water partition coefficient (Wildman–Crippen LogP) is 14.0. The smallest absolute Gasteiger partial charge is 0.411 e. The van der Waals surface area contributed by atoms with Crippen LogP contribution in [-0.4, -0.2) is 144 Å². The van der Waals surface area contributed by atoms with Crippen molar-refractivity contribution in [2.24, 2.45) is 20.8 Å². The number of aliphatic imine (C=N–C) groups is 2. The zero-order chi connectivity index (χ0) is 79.8. The Bertz CT molecular complexity index is 4740. The second-order valence-corrected chi connectivity index (χ2v) is 30.8. The number of hydrogen-bond donors (Lipinski definition) is 10. The van der Waals surface area contributed by atoms with Crippen LogP contribution in [0.25, 0.3) is 22.4 Å². The molecule has 2 aliphatic heterocycles. The summed E-state index contributed by atoms with van der Waals surface area (Å²) in [6.45, 7) is -0.846. The molecule has 4 aromatic carbocycles. The van der Waals surface area contributed by atoms with Gasteiger partial charge in [0.25, 0.3) is 11.8 Å². The van der Waals surface area contributed by atoms with E-state index in [1.807, 2.05) is 10.6 Å². The second kappa shape index (κ2) is 29.5. The molecule has 4 amide bonds. The Morgan fingerprint density at radius 3 is 1.69 bits per heavy atom. The number of halogens is 14. The van der Waals surface area contributed by atoms with Crippen LogP contribution in [-0.2, 0) is 30.1 Å². The van der Waals surface area contributed by atoms with E-state index in [-0.39, 0.29) is 67.6 Å². The molecule has 4 aliphatic carbocycles. The van der Waals surface area contributed by atoms with Crippen LogP contribution in [0.3, 0.4) is 0 Å². The van der Waals surface area contributed by atoms with Gasteiger partial charge in [0.15, 0.2) is 11.9 Å². The second-order valence-electron chi connectivity index (χ2n) is 30.0. The number of aromatic nitrogens is 5. The first-order valence-corrected chi connectivity index (χ1v) is 35.3. The van der Waals surface area contributed by atoms with Crippen molar-refractivity contribution in [1.29, 1.82) is 21.6 Å². The number of ether oxygens (including phenoxy) is 2. The summed E-state index contributed by atoms with van der Waals surface area (Å²) in [5.74, 6) is -8.03. The topological polar surface area (TPSA) is 334 Å². The van der Waals surface area contributed by atoms with E-state index in [9.17, 15) is 60.9 Å². The highest BCUT2D eigenvalue weighted by Gasteiger charge is 2.66. The minimum Gasteiger partial charge on any atom is -0.447 e. The fourth-order valence-corrected chi connectivity index (χ4v) is 14.3. The molecule has 6 aromatic rings. The highest BCUT2D eigenvalue weighted by atomic mass is 35.5. The fourth-order valence-electron chi connectivity index (χ4n) is 13.9. The van der Waals surface area contributed by atoms with Crippen LogP contribution in [0, 0.1) is 44.1 Å². The SMILES string of the molecule is CC(C)(C)C[C@]1(c2ccc(-c3cnn(C4CC4)c3)c(F)c2)NC(=N)N([C@H](COC(=O)NC2(C(F)(F)F)CC2)c2ccc(Cl)c(/C(=N/C(=N)CC(C)(C)C[C@]3(c4ccc(-c5cnn(C6CC6)n5)cc4F)NC(=N)N([C@H](COC(=O)NC4(C(F)(F)F)CC4)c4ccc(Cl)c(/C(=N/C=N)NC(F)F)c4)C3=O)NC(F)F)c2)C1=O. The van der Waals surface area contributed by atoms with Crippen molar-refractivity contribution in [1.82, 2.24) is 66.5 Å². The van der Waals surface area contributed by atoms with Gasteiger partial charge in [-0.1, -0.05) is 94.2 Å². The lowest BCUT2D eigenvalue weighted by Gasteiger charge is -2.37. The van der Waals surface area contributed by atoms with Gasteiger partial charge in [0.1, 0.15) is 76.5 Å². The van der Waals surface area contributed by atoms with Gasteiger partial charge in [-0.25, -0.2) is 28.4 Å². The molecule has 586 valence electrons. The number of nitrogens with zero attached hydrogens (tertiary/aromatic N) is 9. The zero-order valence-electron chi connectivity index (χ0n) is 59.2. The number of alkyl carbamates (subject to hydrolysis) is 2. The molecule has 39 heteroatoms. The quantitative estimate of drug-likeness (QED) is 0.0105. The summed E-state index contributed by atoms with van der Waals surface area (Å²) in [6, 6.07) is 10.9. The highest BCUT2D eigenvalue weighted by Crippen LogP contribution is 2.52. The van der Waals surface area contributed by atoms with Crippen molar-refractivity contribution in [2.45, 2.75) is 177 Å². The van der Waals surface area contributed by atoms with Crippen LogP contribution in [0.15, 0.2) is 101 Å². The Kier molecular flexibility index (Phi) is 21.2. The number of amides is 4. The summed E-state index contributed by atoms with van der Waals surface area (Å²) in [6.07, 6.45) is -8.41. The van der Waals surface area contributed by atoms with Gasteiger partial charge in [-0.05, 0) is 128 Å². The molecule has 10 N–H and O–H groups in total. The molecule has 110 heavy (non-hydrogen) atoms. The van der Waals surface area contributed by atoms with E-state index in [2.05, 4.69) is 35.9 Å². The number of nitrogens with one attached hydrogen (secondary N) is 10. The lowest BCUT2D eigenvalue weighted by Crippen LogP contribution is -2.49. The standard InChI is InChI=1S/C71H73Cl2F12N19O6/c1-64(2,3)32-68(39-9-14-42(48(74)25-39)38-27-91-101(29-38)40-10-11-40)56(105)102(60(88)96-68)51(30-109-62(107)98-66(18-19-66)70(80,81)82)37-8-17-47(73)44(23-37)55(95-59(78)79)93-53(87)26-65(4,5)33-69(45-15-6-35(24-49(45)75)50-28-92-104(100-50)41-12-13-41)57(106)103(61(89)97-69)52(31-110-63(108)99-67(20-21-67)71(83,84)85)36-7-16-46(72)43(22-36)54(90-34-86)94-58(76)77/h6-9,14-17,22-25,27-29,34,40-41,51-52,58-59H,10-13,18-21,26,30-33H2,1-5H3,(H2,88,96)(H2,89,97)(H,98,107)(H,99,108)(H2,86,90,94)(H2,87,93,95)/t51-,52-,68-,69-/m1/s1. The van der Waals surface area contributed by atoms with Crippen molar-refractivity contribution in [3.63, 3.8) is 0 Å². The largest absolute Gasteiger partial charge is 0.447 e. The molecule has 2 saturated heterocycles. The third-order valence-electron chi connectivity index (χ3n) is 19.7. The fraction of sp³-hybridized carbons (Fsp3) is 0.451. The molecule has 0 bridgehead atoms. The molecule has 4 heterocycles. The Morgan fingerprint density at radius 2 is 1.20 bits per heavy atom. The number of guanidine groups is 2. The number of benzene rings is 4. The third-order valence-corrected chi connectivity index (χ3v) is 20.4. The number of carbonyl (C=O) groups is 4. The maximum atomic E-state index is 17.6. The van der Waals surface area contributed by atoms with Crippen molar-refractivity contribution in [3.8, 4) is 22.4 Å². The first-order chi connectivity index (χ1) is 51.6. The van der Waals surface area contributed by atoms with Gasteiger partial charge < -0.3 is 41.4 Å². The predicted molar refractivity (Wildman–Crippen MR) is 377 cm³/mol. The monoisotopic (exact) mass is 1590 g/mol. The highest BCUT2D eigenvalue weighted by molar-refractivity contribution is 6.35. The molecule has 6 aliphatic rings. The molecule has 0 radical (unpaired) electrons. The van der Waals surface area contributed by atoms with E-state index in [0.717, 1.165) is 67.0 Å². The first kappa shape index (κ1) is 79.2. The average molecular weight is 1590 g/mol. The molecular weight excluding hydrogens is 1510 g/mol. The molecule has 12 rings (SSSR count). The molecule has 4 saturated carbocycles. The Hall–Kier alpha value is -10.3. The van der Waals surface area contributed by atoms with E-state index in [1.165, 1.54) is 67.4 Å². The van der Waals surface area contributed by atoms with E-state index in [1.54, 1.807) is 42.3 Å². The van der Waals surface area contributed by atoms with Gasteiger partial charge >= 0.3 is 37.6 Å². The molecule has 2 aromatic heterocycles. The third kappa shape index (κ3) is 16.4. The molecular formula is C71H73Cl2F12N19O6. The number of rotatable bonds is 26. The first-order valence-electron chi connectivity index (χ1n) is 34.5. The van der Waals surface area contributed by atoms with E-state index in [4.69, 9.17) is 38.1 Å². The van der Waals surface area contributed by atoms with Gasteiger partial charge in [-0.2, -0.15) is 64.0 Å². The van der Waals surface area contributed by atoms with Crippen LogP contribution in [0.1, 0.15) is 163 Å². The maximum absolute atomic E-state index is 17.6. The summed E-state index contributed by atoms with van der Waals surface area (Å²) in [5.41, 5.74) is -13.1. The van der Waals surface area contributed by atoms with Crippen LogP contribution < -0.4 is 31.9 Å². The van der Waals surface area contributed by atoms with Gasteiger partial charge in [-0.15, -0.1) is 0 Å². The van der Waals surface area contributed by atoms with E-state index in [0.29, 0.717) is 16.8 Å². The van der Waals surface area contributed by atoms with Crippen LogP contribution in [0.5, 0.6) is 0 Å². The number of carbonyl (C=O) groups excluding carboxylic acids is 4. The molecule has 25 nitrogen and oxygen atoms in total. The van der Waals surface area contributed by atoms with E-state index >= 15 is 27.2 Å². The van der Waals surface area contributed by atoms with Crippen LogP contribution in [0.4, 0.5) is 62.3 Å². The van der Waals surface area contributed by atoms with Gasteiger partial charge in [0, 0.05) is 46.0 Å². The van der Waals surface area contributed by atoms with Crippen molar-refractivity contribution in [3.05, 3.63) is 146 Å². The van der Waals surface area contributed by atoms with Crippen molar-refractivity contribution < 1.29 is 81.3 Å². The lowest BCUT2D eigenvalue weighted by molar-refractivity contribution is -0.164. The van der Waals surface area contributed by atoms with Crippen LogP contribution in [0.2, 0.25) is 10.0 Å². The van der Waals surface area contributed by atoms with Crippen molar-refractivity contribution in [2.75, 3.05) is 13.2 Å². The average Bonchev–Trinajstić information content (AvgIpc) is 1.56. The normalized spacial score (nSPS) is 20.5. The minimum atomic E-state index is -4.95. The zero-order valence-corrected chi connectivity index (χ0v) is 60.7. The maximum Gasteiger partial charge on any atom is 0.411 e. The van der Waals surface area contributed by atoms with Crippen molar-refractivity contribution >= 4 is 83.0 Å². The summed E-state index contributed by atoms with van der Waals surface area (Å²) in [4.78, 5) is 69.5. The summed E-state index contributed by atoms with van der Waals surface area (Å²) in [5, 5.41) is 61.4. The van der Waals surface area contributed by atoms with Gasteiger partial charge in [0.2, 0.25) is 0 Å². The molecule has 4 atom stereocenters. The Labute approximate surface area is 629 Å². The number of alkyl halides is 10. The summed E-state index contributed by atoms with van der Waals surface area (Å²) < 4.78 is 190. The number of hydrogen-bond acceptors (Lipinski definition) is 13. The van der Waals surface area contributed by atoms with Gasteiger partial charge in [-0.3, -0.25) is 45.7 Å². The van der Waals surface area contributed by atoms with Crippen LogP contribution >= 0.6 is 23.2 Å². The lowest BCUT2D eigenvalue weighted by atomic mass is 9.72. The molecule has 0 unspecified atom stereocenters. The minimum absolute atomic E-state index is 0.00777. The summed E-state index contributed by atoms with van der Waals surface area (Å²) >= 11 is 13.3. The Morgan fingerprint density at radius 1 is 0.673 bits per heavy atom. The Balaban J connectivity index is 0.903. The molecule has 6 fully saturated rings. The summed E-state index contributed by atoms with van der Waals surface area (Å²) in [7, 11) is 0.